The highest BCUT2D eigenvalue weighted by Crippen LogP contribution is 2.17. The van der Waals surface area contributed by atoms with Gasteiger partial charge in [0.1, 0.15) is 0 Å². The van der Waals surface area contributed by atoms with E-state index in [0.717, 1.165) is 77.0 Å². The molecule has 0 spiro atoms. The van der Waals surface area contributed by atoms with Crippen LogP contribution in [-0.2, 0) is 14.3 Å². The van der Waals surface area contributed by atoms with Crippen LogP contribution >= 0.6 is 0 Å². The van der Waals surface area contributed by atoms with Gasteiger partial charge in [-0.05, 0) is 83.5 Å². The van der Waals surface area contributed by atoms with Crippen LogP contribution in [0.5, 0.6) is 0 Å². The number of esters is 1. The van der Waals surface area contributed by atoms with Gasteiger partial charge in [-0.25, -0.2) is 0 Å². The van der Waals surface area contributed by atoms with Gasteiger partial charge in [0.25, 0.3) is 0 Å². The fraction of sp³-hybridized carbons (Fsp3) is 0.867. The van der Waals surface area contributed by atoms with E-state index < -0.39 is 12.1 Å². The van der Waals surface area contributed by atoms with Crippen LogP contribution < -0.4 is 5.32 Å². The third-order valence-electron chi connectivity index (χ3n) is 13.4. The van der Waals surface area contributed by atoms with Crippen LogP contribution in [0.15, 0.2) is 36.5 Å². The molecule has 0 rings (SSSR count). The second kappa shape index (κ2) is 55.7. The van der Waals surface area contributed by atoms with Crippen molar-refractivity contribution in [1.82, 2.24) is 5.32 Å². The van der Waals surface area contributed by atoms with Crippen molar-refractivity contribution >= 4 is 11.9 Å². The Balaban J connectivity index is 3.49. The van der Waals surface area contributed by atoms with Crippen molar-refractivity contribution in [1.29, 1.82) is 0 Å². The van der Waals surface area contributed by atoms with Gasteiger partial charge in [0.05, 0.1) is 25.4 Å². The molecule has 0 aliphatic rings. The van der Waals surface area contributed by atoms with Crippen LogP contribution in [0.1, 0.15) is 309 Å². The number of aliphatic hydroxyl groups excluding tert-OH is 2. The van der Waals surface area contributed by atoms with Gasteiger partial charge in [-0.2, -0.15) is 0 Å². The first-order chi connectivity index (χ1) is 32.5. The van der Waals surface area contributed by atoms with Gasteiger partial charge >= 0.3 is 5.97 Å². The molecule has 0 radical (unpaired) electrons. The normalized spacial score (nSPS) is 12.8. The number of unbranched alkanes of at least 4 members (excludes halogenated alkanes) is 37. The average molecular weight is 929 g/mol. The van der Waals surface area contributed by atoms with Crippen LogP contribution in [0.3, 0.4) is 0 Å². The minimum atomic E-state index is -0.683. The van der Waals surface area contributed by atoms with E-state index in [-0.39, 0.29) is 18.5 Å². The summed E-state index contributed by atoms with van der Waals surface area (Å²) < 4.78 is 5.47. The van der Waals surface area contributed by atoms with Crippen LogP contribution in [0.4, 0.5) is 0 Å². The number of aliphatic hydroxyl groups is 2. The van der Waals surface area contributed by atoms with E-state index >= 15 is 0 Å². The largest absolute Gasteiger partial charge is 0.466 e. The Bertz CT molecular complexity index is 1070. The fourth-order valence-electron chi connectivity index (χ4n) is 8.90. The van der Waals surface area contributed by atoms with E-state index in [4.69, 9.17) is 4.74 Å². The Morgan fingerprint density at radius 1 is 0.424 bits per heavy atom. The minimum absolute atomic E-state index is 0.0200. The summed E-state index contributed by atoms with van der Waals surface area (Å²) in [7, 11) is 0. The Morgan fingerprint density at radius 3 is 1.21 bits per heavy atom. The maximum atomic E-state index is 12.5. The first kappa shape index (κ1) is 64.1. The summed E-state index contributed by atoms with van der Waals surface area (Å²) in [5.41, 5.74) is 0. The number of nitrogens with one attached hydrogen (secondary N) is 1. The van der Waals surface area contributed by atoms with E-state index in [1.807, 2.05) is 0 Å². The highest BCUT2D eigenvalue weighted by Gasteiger charge is 2.20. The van der Waals surface area contributed by atoms with Gasteiger partial charge in [0.2, 0.25) is 5.91 Å². The van der Waals surface area contributed by atoms with Crippen molar-refractivity contribution in [2.45, 2.75) is 321 Å². The average Bonchev–Trinajstić information content (AvgIpc) is 3.32. The summed E-state index contributed by atoms with van der Waals surface area (Å²) in [6, 6.07) is -0.563. The number of allylic oxidation sites excluding steroid dienone is 6. The summed E-state index contributed by atoms with van der Waals surface area (Å²) in [6.45, 7) is 4.89. The second-order valence-corrected chi connectivity index (χ2v) is 20.0. The number of ether oxygens (including phenoxy) is 1. The molecular formula is C60H113NO5. The van der Waals surface area contributed by atoms with Crippen molar-refractivity contribution < 1.29 is 24.5 Å². The summed E-state index contributed by atoms with van der Waals surface area (Å²) in [5, 5.41) is 23.3. The topological polar surface area (TPSA) is 95.9 Å². The third-order valence-corrected chi connectivity index (χ3v) is 13.4. The standard InChI is InChI=1S/C60H113NO5/c1-3-5-7-9-11-13-15-17-19-21-22-24-25-28-32-36-40-44-48-52-58(63)57(56-62)61-59(64)53-49-45-41-37-33-29-27-31-35-39-43-47-51-55-66-60(65)54-50-46-42-38-34-30-26-23-20-18-16-14-12-10-8-6-4-2/h12,14,18,20,29,33,57-58,62-63H,3-11,13,15-17,19,21-28,30-32,34-56H2,1-2H3,(H,61,64)/b14-12-,20-18-,33-29-. The lowest BCUT2D eigenvalue weighted by Crippen LogP contribution is -2.45. The molecule has 2 atom stereocenters. The molecule has 6 nitrogen and oxygen atoms in total. The quantitative estimate of drug-likeness (QED) is 0.0321. The maximum Gasteiger partial charge on any atom is 0.305 e. The van der Waals surface area contributed by atoms with Crippen LogP contribution in [0, 0.1) is 0 Å². The lowest BCUT2D eigenvalue weighted by atomic mass is 10.0. The smallest absolute Gasteiger partial charge is 0.305 e. The van der Waals surface area contributed by atoms with Crippen molar-refractivity contribution in [2.75, 3.05) is 13.2 Å². The monoisotopic (exact) mass is 928 g/mol. The summed E-state index contributed by atoms with van der Waals surface area (Å²) in [6.07, 6.45) is 68.4. The molecule has 0 saturated carbocycles. The molecule has 1 amide bonds. The molecule has 6 heteroatoms. The minimum Gasteiger partial charge on any atom is -0.466 e. The lowest BCUT2D eigenvalue weighted by molar-refractivity contribution is -0.143. The predicted octanol–water partition coefficient (Wildman–Crippen LogP) is 18.0. The van der Waals surface area contributed by atoms with Crippen molar-refractivity contribution in [3.8, 4) is 0 Å². The van der Waals surface area contributed by atoms with Crippen LogP contribution in [0.2, 0.25) is 0 Å². The van der Waals surface area contributed by atoms with Gasteiger partial charge in [0, 0.05) is 12.8 Å². The Morgan fingerprint density at radius 2 is 0.758 bits per heavy atom. The van der Waals surface area contributed by atoms with Gasteiger partial charge in [-0.15, -0.1) is 0 Å². The number of carbonyl (C=O) groups is 2. The van der Waals surface area contributed by atoms with E-state index in [1.165, 1.54) is 199 Å². The predicted molar refractivity (Wildman–Crippen MR) is 287 cm³/mol. The molecule has 3 N–H and O–H groups in total. The summed E-state index contributed by atoms with van der Waals surface area (Å²) in [5.74, 6) is -0.0837. The van der Waals surface area contributed by atoms with Crippen LogP contribution in [0.25, 0.3) is 0 Å². The Labute approximate surface area is 411 Å². The second-order valence-electron chi connectivity index (χ2n) is 20.0. The first-order valence-corrected chi connectivity index (χ1v) is 29.2. The molecule has 2 unspecified atom stereocenters. The van der Waals surface area contributed by atoms with Crippen molar-refractivity contribution in [2.24, 2.45) is 0 Å². The number of hydrogen-bond donors (Lipinski definition) is 3. The highest BCUT2D eigenvalue weighted by molar-refractivity contribution is 5.76. The molecule has 0 bridgehead atoms. The molecule has 0 aromatic carbocycles. The molecule has 0 aliphatic carbocycles. The Hall–Kier alpha value is -1.92. The van der Waals surface area contributed by atoms with Gasteiger partial charge in [0.15, 0.2) is 0 Å². The SMILES string of the molecule is CCCCC/C=C\C/C=C\CCCCCCCCCC(=O)OCCCCCCCC/C=C\CCCCCC(=O)NC(CO)C(O)CCCCCCCCCCCCCCCCCCCCC. The molecular weight excluding hydrogens is 815 g/mol. The van der Waals surface area contributed by atoms with Crippen LogP contribution in [-0.4, -0.2) is 47.4 Å². The Kier molecular flexibility index (Phi) is 54.1. The number of amides is 1. The number of carbonyl (C=O) groups excluding carboxylic acids is 2. The lowest BCUT2D eigenvalue weighted by Gasteiger charge is -2.22. The first-order valence-electron chi connectivity index (χ1n) is 29.2. The fourth-order valence-corrected chi connectivity index (χ4v) is 8.90. The van der Waals surface area contributed by atoms with Crippen molar-refractivity contribution in [3.05, 3.63) is 36.5 Å². The molecule has 0 aliphatic heterocycles. The zero-order valence-electron chi connectivity index (χ0n) is 44.2. The molecule has 0 saturated heterocycles. The molecule has 0 heterocycles. The number of rotatable bonds is 54. The molecule has 388 valence electrons. The molecule has 0 fully saturated rings. The number of hydrogen-bond acceptors (Lipinski definition) is 5. The third kappa shape index (κ3) is 51.5. The van der Waals surface area contributed by atoms with E-state index in [1.54, 1.807) is 0 Å². The maximum absolute atomic E-state index is 12.5. The van der Waals surface area contributed by atoms with Gasteiger partial charge in [-0.3, -0.25) is 9.59 Å². The van der Waals surface area contributed by atoms with E-state index in [2.05, 4.69) is 55.6 Å². The summed E-state index contributed by atoms with van der Waals surface area (Å²) in [4.78, 5) is 24.6. The zero-order valence-corrected chi connectivity index (χ0v) is 44.2. The highest BCUT2D eigenvalue weighted by atomic mass is 16.5. The van der Waals surface area contributed by atoms with Gasteiger partial charge < -0.3 is 20.3 Å². The zero-order chi connectivity index (χ0) is 47.9. The molecule has 66 heavy (non-hydrogen) atoms. The van der Waals surface area contributed by atoms with Gasteiger partial charge in [-0.1, -0.05) is 249 Å². The van der Waals surface area contributed by atoms with E-state index in [9.17, 15) is 19.8 Å². The molecule has 0 aromatic rings. The summed E-state index contributed by atoms with van der Waals surface area (Å²) >= 11 is 0. The van der Waals surface area contributed by atoms with E-state index in [0.29, 0.717) is 25.9 Å². The molecule has 0 aromatic heterocycles. The van der Waals surface area contributed by atoms with Crippen molar-refractivity contribution in [3.63, 3.8) is 0 Å².